The molecule has 1 aliphatic rings. The van der Waals surface area contributed by atoms with Gasteiger partial charge in [0, 0.05) is 0 Å². The van der Waals surface area contributed by atoms with Gasteiger partial charge < -0.3 is 14.8 Å². The van der Waals surface area contributed by atoms with E-state index in [9.17, 15) is 0 Å². The fourth-order valence-electron chi connectivity index (χ4n) is 2.53. The van der Waals surface area contributed by atoms with Crippen molar-refractivity contribution in [3.63, 3.8) is 0 Å². The highest BCUT2D eigenvalue weighted by Gasteiger charge is 2.18. The molecule has 1 aliphatic heterocycles. The molecule has 1 fully saturated rings. The predicted molar refractivity (Wildman–Crippen MR) is 73.9 cm³/mol. The molecular formula is C14H20ClNO2. The van der Waals surface area contributed by atoms with E-state index in [1.165, 1.54) is 12.8 Å². The zero-order chi connectivity index (χ0) is 13.0. The highest BCUT2D eigenvalue weighted by molar-refractivity contribution is 6.33. The zero-order valence-corrected chi connectivity index (χ0v) is 11.7. The van der Waals surface area contributed by atoms with Crippen LogP contribution in [0.15, 0.2) is 12.1 Å². The van der Waals surface area contributed by atoms with Gasteiger partial charge in [0.25, 0.3) is 0 Å². The maximum absolute atomic E-state index is 6.27. The summed E-state index contributed by atoms with van der Waals surface area (Å²) in [6.07, 6.45) is 3.51. The van der Waals surface area contributed by atoms with Crippen LogP contribution in [0.3, 0.4) is 0 Å². The molecule has 0 aromatic heterocycles. The van der Waals surface area contributed by atoms with Gasteiger partial charge in [0.05, 0.1) is 14.2 Å². The number of nitrogens with one attached hydrogen (secondary N) is 1. The van der Waals surface area contributed by atoms with Gasteiger partial charge in [-0.05, 0) is 49.9 Å². The lowest BCUT2D eigenvalue weighted by Gasteiger charge is -2.24. The topological polar surface area (TPSA) is 30.5 Å². The van der Waals surface area contributed by atoms with Crippen LogP contribution in [0.25, 0.3) is 0 Å². The van der Waals surface area contributed by atoms with E-state index in [0.29, 0.717) is 16.7 Å². The summed E-state index contributed by atoms with van der Waals surface area (Å²) in [6.45, 7) is 2.21. The third-order valence-electron chi connectivity index (χ3n) is 3.47. The van der Waals surface area contributed by atoms with Crippen molar-refractivity contribution in [2.24, 2.45) is 5.92 Å². The summed E-state index contributed by atoms with van der Waals surface area (Å²) >= 11 is 6.27. The first-order valence-corrected chi connectivity index (χ1v) is 6.74. The van der Waals surface area contributed by atoms with Crippen LogP contribution in [0.2, 0.25) is 5.02 Å². The summed E-state index contributed by atoms with van der Waals surface area (Å²) < 4.78 is 10.6. The van der Waals surface area contributed by atoms with Gasteiger partial charge in [0.2, 0.25) is 0 Å². The van der Waals surface area contributed by atoms with Crippen molar-refractivity contribution in [3.05, 3.63) is 22.7 Å². The number of hydrogen-bond donors (Lipinski definition) is 1. The average Bonchev–Trinajstić information content (AvgIpc) is 2.40. The maximum atomic E-state index is 6.27. The second-order valence-electron chi connectivity index (χ2n) is 4.69. The van der Waals surface area contributed by atoms with Gasteiger partial charge in [-0.2, -0.15) is 0 Å². The van der Waals surface area contributed by atoms with Crippen molar-refractivity contribution >= 4 is 11.6 Å². The zero-order valence-electron chi connectivity index (χ0n) is 11.0. The summed E-state index contributed by atoms with van der Waals surface area (Å²) in [5, 5.41) is 4.00. The van der Waals surface area contributed by atoms with Crippen LogP contribution in [0, 0.1) is 5.92 Å². The molecule has 1 heterocycles. The van der Waals surface area contributed by atoms with Gasteiger partial charge in [-0.1, -0.05) is 17.7 Å². The molecule has 1 unspecified atom stereocenters. The van der Waals surface area contributed by atoms with Gasteiger partial charge in [-0.3, -0.25) is 0 Å². The molecule has 4 heteroatoms. The Bertz CT molecular complexity index is 403. The van der Waals surface area contributed by atoms with Gasteiger partial charge in [-0.15, -0.1) is 0 Å². The van der Waals surface area contributed by atoms with Crippen LogP contribution < -0.4 is 14.8 Å². The molecule has 100 valence electrons. The summed E-state index contributed by atoms with van der Waals surface area (Å²) in [4.78, 5) is 0. The van der Waals surface area contributed by atoms with Crippen molar-refractivity contribution in [2.75, 3.05) is 27.3 Å². The molecule has 0 amide bonds. The minimum Gasteiger partial charge on any atom is -0.495 e. The number of hydrogen-bond acceptors (Lipinski definition) is 3. The van der Waals surface area contributed by atoms with Crippen LogP contribution in [0.5, 0.6) is 11.5 Å². The lowest BCUT2D eigenvalue weighted by atomic mass is 9.92. The van der Waals surface area contributed by atoms with E-state index in [4.69, 9.17) is 21.1 Å². The van der Waals surface area contributed by atoms with Crippen molar-refractivity contribution in [2.45, 2.75) is 19.3 Å². The molecule has 0 spiro atoms. The van der Waals surface area contributed by atoms with E-state index in [2.05, 4.69) is 11.4 Å². The fourth-order valence-corrected chi connectivity index (χ4v) is 2.86. The van der Waals surface area contributed by atoms with Gasteiger partial charge in [0.15, 0.2) is 0 Å². The van der Waals surface area contributed by atoms with Crippen LogP contribution >= 0.6 is 11.6 Å². The highest BCUT2D eigenvalue weighted by atomic mass is 35.5. The van der Waals surface area contributed by atoms with Crippen LogP contribution in [-0.2, 0) is 6.42 Å². The monoisotopic (exact) mass is 269 g/mol. The minimum atomic E-state index is 0.571. The number of benzene rings is 1. The Labute approximate surface area is 113 Å². The molecule has 2 rings (SSSR count). The highest BCUT2D eigenvalue weighted by Crippen LogP contribution is 2.38. The van der Waals surface area contributed by atoms with Crippen molar-refractivity contribution in [3.8, 4) is 11.5 Å². The molecular weight excluding hydrogens is 250 g/mol. The fraction of sp³-hybridized carbons (Fsp3) is 0.571. The van der Waals surface area contributed by atoms with E-state index < -0.39 is 0 Å². The number of rotatable bonds is 4. The first-order valence-electron chi connectivity index (χ1n) is 6.36. The normalized spacial score (nSPS) is 19.6. The molecule has 1 aromatic carbocycles. The summed E-state index contributed by atoms with van der Waals surface area (Å²) in [6, 6.07) is 3.97. The third-order valence-corrected chi connectivity index (χ3v) is 3.83. The Morgan fingerprint density at radius 2 is 2.17 bits per heavy atom. The van der Waals surface area contributed by atoms with Crippen LogP contribution in [0.4, 0.5) is 0 Å². The lowest BCUT2D eigenvalue weighted by molar-refractivity contribution is 0.361. The maximum Gasteiger partial charge on any atom is 0.144 e. The van der Waals surface area contributed by atoms with Gasteiger partial charge in [-0.25, -0.2) is 0 Å². The molecule has 0 aliphatic carbocycles. The molecule has 1 aromatic rings. The standard InChI is InChI=1S/C14H20ClNO2/c1-17-12-6-5-11(14(18-2)13(12)15)8-10-4-3-7-16-9-10/h5-6,10,16H,3-4,7-9H2,1-2H3. The molecule has 3 nitrogen and oxygen atoms in total. The van der Waals surface area contributed by atoms with E-state index in [1.807, 2.05) is 6.07 Å². The first kappa shape index (κ1) is 13.5. The third kappa shape index (κ3) is 2.90. The Kier molecular flexibility index (Phi) is 4.72. The Morgan fingerprint density at radius 1 is 1.33 bits per heavy atom. The second kappa shape index (κ2) is 6.30. The average molecular weight is 270 g/mol. The number of ether oxygens (including phenoxy) is 2. The molecule has 0 bridgehead atoms. The number of piperidine rings is 1. The van der Waals surface area contributed by atoms with Crippen LogP contribution in [0.1, 0.15) is 18.4 Å². The van der Waals surface area contributed by atoms with Crippen molar-refractivity contribution in [1.82, 2.24) is 5.32 Å². The van der Waals surface area contributed by atoms with E-state index >= 15 is 0 Å². The predicted octanol–water partition coefficient (Wildman–Crippen LogP) is 2.90. The smallest absolute Gasteiger partial charge is 0.144 e. The molecule has 1 N–H and O–H groups in total. The number of methoxy groups -OCH3 is 2. The van der Waals surface area contributed by atoms with E-state index in [0.717, 1.165) is 30.8 Å². The SMILES string of the molecule is COc1ccc(CC2CCCNC2)c(OC)c1Cl. The number of halogens is 1. The molecule has 18 heavy (non-hydrogen) atoms. The Hall–Kier alpha value is -0.930. The lowest BCUT2D eigenvalue weighted by Crippen LogP contribution is -2.30. The Morgan fingerprint density at radius 3 is 2.78 bits per heavy atom. The van der Waals surface area contributed by atoms with Crippen molar-refractivity contribution < 1.29 is 9.47 Å². The Balaban J connectivity index is 2.18. The second-order valence-corrected chi connectivity index (χ2v) is 5.07. The summed E-state index contributed by atoms with van der Waals surface area (Å²) in [5.41, 5.74) is 1.16. The van der Waals surface area contributed by atoms with Gasteiger partial charge in [0.1, 0.15) is 16.5 Å². The molecule has 0 radical (unpaired) electrons. The minimum absolute atomic E-state index is 0.571. The molecule has 0 saturated carbocycles. The first-order chi connectivity index (χ1) is 8.76. The van der Waals surface area contributed by atoms with Gasteiger partial charge >= 0.3 is 0 Å². The van der Waals surface area contributed by atoms with E-state index in [1.54, 1.807) is 14.2 Å². The van der Waals surface area contributed by atoms with E-state index in [-0.39, 0.29) is 0 Å². The van der Waals surface area contributed by atoms with Crippen LogP contribution in [-0.4, -0.2) is 27.3 Å². The van der Waals surface area contributed by atoms with Crippen molar-refractivity contribution in [1.29, 1.82) is 0 Å². The summed E-state index contributed by atoms with van der Waals surface area (Å²) in [5.74, 6) is 2.08. The quantitative estimate of drug-likeness (QED) is 0.912. The largest absolute Gasteiger partial charge is 0.495 e. The molecule has 1 saturated heterocycles. The molecule has 1 atom stereocenters. The summed E-state index contributed by atoms with van der Waals surface area (Å²) in [7, 11) is 3.27.